The van der Waals surface area contributed by atoms with Gasteiger partial charge in [0, 0.05) is 11.6 Å². The second kappa shape index (κ2) is 5.30. The summed E-state index contributed by atoms with van der Waals surface area (Å²) in [5.74, 6) is 0. The first-order chi connectivity index (χ1) is 9.75. The molecule has 2 aromatic carbocycles. The van der Waals surface area contributed by atoms with Crippen LogP contribution in [0.1, 0.15) is 22.3 Å². The predicted molar refractivity (Wildman–Crippen MR) is 86.6 cm³/mol. The molecule has 0 amide bonds. The summed E-state index contributed by atoms with van der Waals surface area (Å²) >= 11 is 0. The van der Waals surface area contributed by atoms with Crippen molar-refractivity contribution in [2.24, 2.45) is 0 Å². The highest BCUT2D eigenvalue weighted by Gasteiger charge is 2.00. The molecule has 3 rings (SSSR count). The number of hydrogen-bond acceptors (Lipinski definition) is 1. The highest BCUT2D eigenvalue weighted by molar-refractivity contribution is 5.90. The summed E-state index contributed by atoms with van der Waals surface area (Å²) in [6.45, 7) is 4.30. The van der Waals surface area contributed by atoms with E-state index < -0.39 is 0 Å². The van der Waals surface area contributed by atoms with Crippen LogP contribution in [0.4, 0.5) is 0 Å². The van der Waals surface area contributed by atoms with Crippen molar-refractivity contribution in [3.8, 4) is 0 Å². The van der Waals surface area contributed by atoms with Gasteiger partial charge in [0.05, 0.1) is 5.52 Å². The van der Waals surface area contributed by atoms with Gasteiger partial charge in [-0.15, -0.1) is 0 Å². The molecule has 1 heterocycles. The number of fused-ring (bicyclic) bond motifs is 1. The summed E-state index contributed by atoms with van der Waals surface area (Å²) < 4.78 is 0. The van der Waals surface area contributed by atoms with E-state index >= 15 is 0 Å². The van der Waals surface area contributed by atoms with Crippen molar-refractivity contribution >= 4 is 23.1 Å². The van der Waals surface area contributed by atoms with E-state index in [1.165, 1.54) is 27.6 Å². The number of pyridine rings is 1. The van der Waals surface area contributed by atoms with Gasteiger partial charge in [-0.2, -0.15) is 0 Å². The van der Waals surface area contributed by atoms with E-state index in [9.17, 15) is 0 Å². The SMILES string of the molecule is Cc1cccc(C)c1/C=C\c1ccnc2ccccc12. The third-order valence-corrected chi connectivity index (χ3v) is 3.65. The van der Waals surface area contributed by atoms with Crippen molar-refractivity contribution in [2.45, 2.75) is 13.8 Å². The Balaban J connectivity index is 2.07. The first-order valence-corrected chi connectivity index (χ1v) is 6.84. The molecule has 20 heavy (non-hydrogen) atoms. The molecule has 0 atom stereocenters. The van der Waals surface area contributed by atoms with Gasteiger partial charge in [0.25, 0.3) is 0 Å². The standard InChI is InChI=1S/C19H17N/c1-14-6-5-7-15(2)17(14)11-10-16-12-13-20-19-9-4-3-8-18(16)19/h3-13H,1-2H3/b11-10-. The lowest BCUT2D eigenvalue weighted by molar-refractivity contribution is 1.36. The average molecular weight is 259 g/mol. The molecule has 0 saturated carbocycles. The van der Waals surface area contributed by atoms with Gasteiger partial charge < -0.3 is 0 Å². The van der Waals surface area contributed by atoms with Gasteiger partial charge in [0.2, 0.25) is 0 Å². The summed E-state index contributed by atoms with van der Waals surface area (Å²) in [5, 5.41) is 1.19. The van der Waals surface area contributed by atoms with Crippen LogP contribution in [0.5, 0.6) is 0 Å². The Hall–Kier alpha value is -2.41. The fourth-order valence-corrected chi connectivity index (χ4v) is 2.53. The smallest absolute Gasteiger partial charge is 0.0707 e. The highest BCUT2D eigenvalue weighted by Crippen LogP contribution is 2.21. The van der Waals surface area contributed by atoms with Crippen LogP contribution in [0.15, 0.2) is 54.7 Å². The van der Waals surface area contributed by atoms with Crippen molar-refractivity contribution in [1.29, 1.82) is 0 Å². The quantitative estimate of drug-likeness (QED) is 0.629. The van der Waals surface area contributed by atoms with Crippen molar-refractivity contribution in [3.63, 3.8) is 0 Å². The number of hydrogen-bond donors (Lipinski definition) is 0. The molecule has 1 heteroatoms. The molecule has 98 valence electrons. The molecule has 0 spiro atoms. The molecule has 0 radical (unpaired) electrons. The Morgan fingerprint density at radius 1 is 0.800 bits per heavy atom. The van der Waals surface area contributed by atoms with Crippen LogP contribution in [0.2, 0.25) is 0 Å². The summed E-state index contributed by atoms with van der Waals surface area (Å²) in [7, 11) is 0. The second-order valence-corrected chi connectivity index (χ2v) is 5.06. The van der Waals surface area contributed by atoms with Crippen molar-refractivity contribution in [3.05, 3.63) is 77.0 Å². The number of para-hydroxylation sites is 1. The molecule has 0 fully saturated rings. The average Bonchev–Trinajstić information content (AvgIpc) is 2.47. The third-order valence-electron chi connectivity index (χ3n) is 3.65. The molecule has 3 aromatic rings. The van der Waals surface area contributed by atoms with Gasteiger partial charge in [-0.3, -0.25) is 4.98 Å². The molecule has 0 aliphatic rings. The fourth-order valence-electron chi connectivity index (χ4n) is 2.53. The van der Waals surface area contributed by atoms with Gasteiger partial charge in [-0.25, -0.2) is 0 Å². The van der Waals surface area contributed by atoms with Gasteiger partial charge in [0.15, 0.2) is 0 Å². The zero-order chi connectivity index (χ0) is 13.9. The normalized spacial score (nSPS) is 11.3. The summed E-state index contributed by atoms with van der Waals surface area (Å²) in [4.78, 5) is 4.40. The summed E-state index contributed by atoms with van der Waals surface area (Å²) in [6, 6.07) is 16.7. The number of benzene rings is 2. The van der Waals surface area contributed by atoms with Crippen LogP contribution in [0, 0.1) is 13.8 Å². The Bertz CT molecular complexity index is 759. The highest BCUT2D eigenvalue weighted by atomic mass is 14.6. The molecule has 0 aliphatic heterocycles. The Morgan fingerprint density at radius 2 is 1.55 bits per heavy atom. The minimum Gasteiger partial charge on any atom is -0.256 e. The zero-order valence-corrected chi connectivity index (χ0v) is 11.8. The van der Waals surface area contributed by atoms with Gasteiger partial charge in [0.1, 0.15) is 0 Å². The van der Waals surface area contributed by atoms with Crippen LogP contribution < -0.4 is 0 Å². The van der Waals surface area contributed by atoms with Crippen molar-refractivity contribution in [1.82, 2.24) is 4.98 Å². The van der Waals surface area contributed by atoms with Crippen LogP contribution in [-0.4, -0.2) is 4.98 Å². The molecular weight excluding hydrogens is 242 g/mol. The van der Waals surface area contributed by atoms with E-state index in [1.54, 1.807) is 0 Å². The van der Waals surface area contributed by atoms with E-state index in [0.717, 1.165) is 5.52 Å². The molecule has 0 unspecified atom stereocenters. The topological polar surface area (TPSA) is 12.9 Å². The zero-order valence-electron chi connectivity index (χ0n) is 11.8. The monoisotopic (exact) mass is 259 g/mol. The summed E-state index contributed by atoms with van der Waals surface area (Å²) in [5.41, 5.74) is 6.15. The molecule has 0 aliphatic carbocycles. The molecule has 1 aromatic heterocycles. The molecule has 0 bridgehead atoms. The largest absolute Gasteiger partial charge is 0.256 e. The van der Waals surface area contributed by atoms with E-state index in [0.29, 0.717) is 0 Å². The molecular formula is C19H17N. The minimum absolute atomic E-state index is 1.04. The first kappa shape index (κ1) is 12.6. The third kappa shape index (κ3) is 2.35. The Labute approximate surface area is 119 Å². The van der Waals surface area contributed by atoms with Crippen LogP contribution in [0.25, 0.3) is 23.1 Å². The van der Waals surface area contributed by atoms with E-state index in [-0.39, 0.29) is 0 Å². The Kier molecular flexibility index (Phi) is 3.34. The lowest BCUT2D eigenvalue weighted by Crippen LogP contribution is -1.86. The first-order valence-electron chi connectivity index (χ1n) is 6.84. The maximum Gasteiger partial charge on any atom is 0.0707 e. The van der Waals surface area contributed by atoms with Gasteiger partial charge >= 0.3 is 0 Å². The maximum absolute atomic E-state index is 4.40. The van der Waals surface area contributed by atoms with Gasteiger partial charge in [-0.1, -0.05) is 48.6 Å². The number of aryl methyl sites for hydroxylation is 2. The second-order valence-electron chi connectivity index (χ2n) is 5.06. The van der Waals surface area contributed by atoms with Crippen LogP contribution >= 0.6 is 0 Å². The van der Waals surface area contributed by atoms with Crippen molar-refractivity contribution in [2.75, 3.05) is 0 Å². The Morgan fingerprint density at radius 3 is 2.35 bits per heavy atom. The number of rotatable bonds is 2. The predicted octanol–water partition coefficient (Wildman–Crippen LogP) is 5.02. The number of aromatic nitrogens is 1. The van der Waals surface area contributed by atoms with Crippen LogP contribution in [-0.2, 0) is 0 Å². The summed E-state index contributed by atoms with van der Waals surface area (Å²) in [6.07, 6.45) is 6.25. The van der Waals surface area contributed by atoms with E-state index in [4.69, 9.17) is 0 Å². The maximum atomic E-state index is 4.40. The molecule has 0 N–H and O–H groups in total. The van der Waals surface area contributed by atoms with Gasteiger partial charge in [-0.05, 0) is 48.2 Å². The lowest BCUT2D eigenvalue weighted by Gasteiger charge is -2.05. The lowest BCUT2D eigenvalue weighted by atomic mass is 10.0. The van der Waals surface area contributed by atoms with Crippen LogP contribution in [0.3, 0.4) is 0 Å². The molecule has 0 saturated heterocycles. The number of nitrogens with zero attached hydrogens (tertiary/aromatic N) is 1. The minimum atomic E-state index is 1.04. The van der Waals surface area contributed by atoms with E-state index in [1.807, 2.05) is 18.3 Å². The van der Waals surface area contributed by atoms with E-state index in [2.05, 4.69) is 67.4 Å². The van der Waals surface area contributed by atoms with Crippen molar-refractivity contribution < 1.29 is 0 Å². The fraction of sp³-hybridized carbons (Fsp3) is 0.105. The molecule has 1 nitrogen and oxygen atoms in total.